The maximum absolute atomic E-state index is 10.8. The first-order valence-electron chi connectivity index (χ1n) is 3.08. The van der Waals surface area contributed by atoms with Crippen molar-refractivity contribution in [1.29, 1.82) is 0 Å². The van der Waals surface area contributed by atoms with E-state index in [1.165, 1.54) is 12.3 Å². The fourth-order valence-electron chi connectivity index (χ4n) is 0.787. The SMILES string of the molecule is O=C(Cl)c1ccnc(Cl)c1C(=O)Cl. The zero-order valence-electron chi connectivity index (χ0n) is 6.05. The highest BCUT2D eigenvalue weighted by molar-refractivity contribution is 6.72. The fourth-order valence-corrected chi connectivity index (χ4v) is 1.43. The lowest BCUT2D eigenvalue weighted by Crippen LogP contribution is -2.02. The van der Waals surface area contributed by atoms with Crippen LogP contribution in [0.15, 0.2) is 12.3 Å². The predicted molar refractivity (Wildman–Crippen MR) is 49.6 cm³/mol. The Kier molecular flexibility index (Phi) is 3.25. The van der Waals surface area contributed by atoms with Gasteiger partial charge in [-0.15, -0.1) is 0 Å². The van der Waals surface area contributed by atoms with Gasteiger partial charge in [-0.3, -0.25) is 9.59 Å². The molecular formula is C7H2Cl3NO2. The fraction of sp³-hybridized carbons (Fsp3) is 0. The maximum atomic E-state index is 10.8. The molecule has 0 saturated heterocycles. The Morgan fingerprint density at radius 1 is 1.23 bits per heavy atom. The van der Waals surface area contributed by atoms with Crippen molar-refractivity contribution in [2.24, 2.45) is 0 Å². The van der Waals surface area contributed by atoms with Crippen LogP contribution < -0.4 is 0 Å². The molecule has 0 aliphatic carbocycles. The second kappa shape index (κ2) is 4.05. The summed E-state index contributed by atoms with van der Waals surface area (Å²) in [5.74, 6) is 0. The first-order valence-corrected chi connectivity index (χ1v) is 4.21. The van der Waals surface area contributed by atoms with Crippen molar-refractivity contribution in [1.82, 2.24) is 4.98 Å². The molecule has 0 aliphatic rings. The van der Waals surface area contributed by atoms with E-state index in [1.54, 1.807) is 0 Å². The van der Waals surface area contributed by atoms with Crippen molar-refractivity contribution in [2.45, 2.75) is 0 Å². The minimum Gasteiger partial charge on any atom is -0.276 e. The van der Waals surface area contributed by atoms with Crippen LogP contribution >= 0.6 is 34.8 Å². The van der Waals surface area contributed by atoms with Gasteiger partial charge in [-0.05, 0) is 29.3 Å². The maximum Gasteiger partial charge on any atom is 0.256 e. The van der Waals surface area contributed by atoms with E-state index in [-0.39, 0.29) is 16.3 Å². The van der Waals surface area contributed by atoms with Crippen molar-refractivity contribution < 1.29 is 9.59 Å². The number of rotatable bonds is 2. The van der Waals surface area contributed by atoms with Crippen LogP contribution in [-0.4, -0.2) is 15.5 Å². The number of hydrogen-bond acceptors (Lipinski definition) is 3. The monoisotopic (exact) mass is 237 g/mol. The highest BCUT2D eigenvalue weighted by atomic mass is 35.5. The largest absolute Gasteiger partial charge is 0.276 e. The van der Waals surface area contributed by atoms with Gasteiger partial charge >= 0.3 is 0 Å². The van der Waals surface area contributed by atoms with Gasteiger partial charge in [0, 0.05) is 6.20 Å². The molecule has 0 radical (unpaired) electrons. The summed E-state index contributed by atoms with van der Waals surface area (Å²) < 4.78 is 0. The van der Waals surface area contributed by atoms with E-state index >= 15 is 0 Å². The molecular weight excluding hydrogens is 236 g/mol. The topological polar surface area (TPSA) is 47.0 Å². The number of hydrogen-bond donors (Lipinski definition) is 0. The van der Waals surface area contributed by atoms with Crippen LogP contribution in [0, 0.1) is 0 Å². The van der Waals surface area contributed by atoms with Crippen LogP contribution in [0.25, 0.3) is 0 Å². The minimum atomic E-state index is -0.859. The van der Waals surface area contributed by atoms with Gasteiger partial charge in [0.2, 0.25) is 0 Å². The zero-order chi connectivity index (χ0) is 10.0. The standard InChI is InChI=1S/C7H2Cl3NO2/c8-5-4(7(10)13)3(6(9)12)1-2-11-5/h1-2H. The molecule has 0 amide bonds. The summed E-state index contributed by atoms with van der Waals surface area (Å²) in [5.41, 5.74) is -0.201. The number of aromatic nitrogens is 1. The Labute approximate surface area is 88.6 Å². The van der Waals surface area contributed by atoms with Gasteiger partial charge in [-0.25, -0.2) is 4.98 Å². The Morgan fingerprint density at radius 3 is 2.23 bits per heavy atom. The van der Waals surface area contributed by atoms with Gasteiger partial charge in [-0.1, -0.05) is 11.6 Å². The molecule has 0 unspecified atom stereocenters. The van der Waals surface area contributed by atoms with E-state index in [9.17, 15) is 9.59 Å². The summed E-state index contributed by atoms with van der Waals surface area (Å²) in [6.45, 7) is 0. The molecule has 0 bridgehead atoms. The summed E-state index contributed by atoms with van der Waals surface area (Å²) in [5, 5.41) is -1.79. The lowest BCUT2D eigenvalue weighted by Gasteiger charge is -2.01. The molecule has 1 aromatic rings. The summed E-state index contributed by atoms with van der Waals surface area (Å²) >= 11 is 15.9. The van der Waals surface area contributed by atoms with Crippen LogP contribution in [0.3, 0.4) is 0 Å². The third-order valence-electron chi connectivity index (χ3n) is 1.31. The van der Waals surface area contributed by atoms with Gasteiger partial charge in [-0.2, -0.15) is 0 Å². The van der Waals surface area contributed by atoms with Crippen molar-refractivity contribution in [3.05, 3.63) is 28.5 Å². The Hall–Kier alpha value is -0.640. The third kappa shape index (κ3) is 2.18. The normalized spacial score (nSPS) is 9.77. The Balaban J connectivity index is 3.43. The summed E-state index contributed by atoms with van der Waals surface area (Å²) in [7, 11) is 0. The van der Waals surface area contributed by atoms with Gasteiger partial charge in [0.15, 0.2) is 0 Å². The van der Waals surface area contributed by atoms with Crippen LogP contribution in [-0.2, 0) is 0 Å². The van der Waals surface area contributed by atoms with Crippen molar-refractivity contribution in [3.63, 3.8) is 0 Å². The van der Waals surface area contributed by atoms with E-state index in [1.807, 2.05) is 0 Å². The average molecular weight is 238 g/mol. The second-order valence-electron chi connectivity index (χ2n) is 2.07. The molecule has 0 aromatic carbocycles. The van der Waals surface area contributed by atoms with Gasteiger partial charge in [0.25, 0.3) is 10.5 Å². The quantitative estimate of drug-likeness (QED) is 0.587. The first-order chi connectivity index (χ1) is 6.04. The molecule has 1 heterocycles. The molecule has 0 atom stereocenters. The van der Waals surface area contributed by atoms with Crippen molar-refractivity contribution in [2.75, 3.05) is 0 Å². The molecule has 68 valence electrons. The first kappa shape index (κ1) is 10.4. The number of nitrogens with zero attached hydrogens (tertiary/aromatic N) is 1. The molecule has 6 heteroatoms. The van der Waals surface area contributed by atoms with Gasteiger partial charge in [0.05, 0.1) is 11.1 Å². The second-order valence-corrected chi connectivity index (χ2v) is 3.12. The molecule has 1 aromatic heterocycles. The molecule has 0 spiro atoms. The zero-order valence-corrected chi connectivity index (χ0v) is 8.32. The average Bonchev–Trinajstić information content (AvgIpc) is 2.02. The molecule has 0 fully saturated rings. The van der Waals surface area contributed by atoms with E-state index in [0.29, 0.717) is 0 Å². The smallest absolute Gasteiger partial charge is 0.256 e. The van der Waals surface area contributed by atoms with E-state index in [2.05, 4.69) is 4.98 Å². The van der Waals surface area contributed by atoms with Gasteiger partial charge < -0.3 is 0 Å². The summed E-state index contributed by atoms with van der Waals surface area (Å²) in [6, 6.07) is 1.27. The molecule has 13 heavy (non-hydrogen) atoms. The molecule has 3 nitrogen and oxygen atoms in total. The predicted octanol–water partition coefficient (Wildman–Crippen LogP) is 2.49. The molecule has 1 rings (SSSR count). The number of carbonyl (C=O) groups is 2. The van der Waals surface area contributed by atoms with Crippen LogP contribution in [0.2, 0.25) is 5.15 Å². The third-order valence-corrected chi connectivity index (χ3v) is 1.99. The van der Waals surface area contributed by atoms with Crippen LogP contribution in [0.4, 0.5) is 0 Å². The Bertz CT molecular complexity index is 378. The summed E-state index contributed by atoms with van der Waals surface area (Å²) in [6.07, 6.45) is 1.27. The van der Waals surface area contributed by atoms with Crippen molar-refractivity contribution in [3.8, 4) is 0 Å². The number of halogens is 3. The minimum absolute atomic E-state index is 0.0401. The highest BCUT2D eigenvalue weighted by Gasteiger charge is 2.18. The van der Waals surface area contributed by atoms with Crippen LogP contribution in [0.1, 0.15) is 20.7 Å². The van der Waals surface area contributed by atoms with Crippen molar-refractivity contribution >= 4 is 45.3 Å². The Morgan fingerprint density at radius 2 is 1.85 bits per heavy atom. The van der Waals surface area contributed by atoms with E-state index in [0.717, 1.165) is 0 Å². The van der Waals surface area contributed by atoms with Crippen LogP contribution in [0.5, 0.6) is 0 Å². The lowest BCUT2D eigenvalue weighted by atomic mass is 10.2. The van der Waals surface area contributed by atoms with E-state index < -0.39 is 10.5 Å². The summed E-state index contributed by atoms with van der Waals surface area (Å²) in [4.78, 5) is 25.2. The molecule has 0 saturated carbocycles. The van der Waals surface area contributed by atoms with Gasteiger partial charge in [0.1, 0.15) is 5.15 Å². The lowest BCUT2D eigenvalue weighted by molar-refractivity contribution is 0.105. The molecule has 0 aliphatic heterocycles. The van der Waals surface area contributed by atoms with E-state index in [4.69, 9.17) is 34.8 Å². The highest BCUT2D eigenvalue weighted by Crippen LogP contribution is 2.20. The number of carbonyl (C=O) groups excluding carboxylic acids is 2. The molecule has 0 N–H and O–H groups in total. The number of pyridine rings is 1.